The number of carbonyl (C=O) groups is 2. The first-order valence-electron chi connectivity index (χ1n) is 11.9. The minimum absolute atomic E-state index is 0.0394. The number of methoxy groups -OCH3 is 2. The average molecular weight is 589 g/mol. The van der Waals surface area contributed by atoms with Crippen molar-refractivity contribution in [3.63, 3.8) is 0 Å². The number of carbonyl (C=O) groups excluding carboxylic acids is 2. The zero-order valence-corrected chi connectivity index (χ0v) is 25.0. The molecule has 2 amide bonds. The van der Waals surface area contributed by atoms with E-state index in [2.05, 4.69) is 5.32 Å². The fourth-order valence-electron chi connectivity index (χ4n) is 3.79. The smallest absolute Gasteiger partial charge is 0.244 e. The van der Waals surface area contributed by atoms with E-state index in [9.17, 15) is 18.0 Å². The molecule has 9 nitrogen and oxygen atoms in total. The topological polar surface area (TPSA) is 105 Å². The zero-order chi connectivity index (χ0) is 28.8. The highest BCUT2D eigenvalue weighted by molar-refractivity contribution is 7.92. The SMILES string of the molecule is CCC(C(=O)NC(C)(C)C)N(Cc1ccc(Cl)cc1Cl)C(=O)CN(c1ccc(OC)cc1OC)S(C)(=O)=O. The lowest BCUT2D eigenvalue weighted by Gasteiger charge is -2.34. The molecule has 2 rings (SSSR count). The summed E-state index contributed by atoms with van der Waals surface area (Å²) in [6.45, 7) is 6.66. The number of hydrogen-bond acceptors (Lipinski definition) is 6. The molecule has 0 aliphatic heterocycles. The Bertz CT molecular complexity index is 1260. The van der Waals surface area contributed by atoms with Crippen LogP contribution in [0.3, 0.4) is 0 Å². The lowest BCUT2D eigenvalue weighted by atomic mass is 10.1. The molecule has 0 bridgehead atoms. The number of benzene rings is 2. The number of amides is 2. The molecule has 210 valence electrons. The monoisotopic (exact) mass is 587 g/mol. The van der Waals surface area contributed by atoms with Crippen LogP contribution in [-0.2, 0) is 26.2 Å². The van der Waals surface area contributed by atoms with Crippen molar-refractivity contribution >= 4 is 50.7 Å². The predicted molar refractivity (Wildman–Crippen MR) is 151 cm³/mol. The molecule has 2 aromatic rings. The summed E-state index contributed by atoms with van der Waals surface area (Å²) in [6, 6.07) is 8.53. The summed E-state index contributed by atoms with van der Waals surface area (Å²) in [6.07, 6.45) is 1.28. The van der Waals surface area contributed by atoms with E-state index in [1.54, 1.807) is 31.2 Å². The van der Waals surface area contributed by atoms with E-state index in [4.69, 9.17) is 32.7 Å². The highest BCUT2D eigenvalue weighted by Gasteiger charge is 2.34. The zero-order valence-electron chi connectivity index (χ0n) is 22.7. The Balaban J connectivity index is 2.56. The van der Waals surface area contributed by atoms with Crippen LogP contribution < -0.4 is 19.1 Å². The van der Waals surface area contributed by atoms with Gasteiger partial charge < -0.3 is 19.7 Å². The van der Waals surface area contributed by atoms with Gasteiger partial charge in [-0.15, -0.1) is 0 Å². The molecule has 0 aromatic heterocycles. The third-order valence-corrected chi connectivity index (χ3v) is 7.29. The average Bonchev–Trinajstić information content (AvgIpc) is 2.81. The van der Waals surface area contributed by atoms with Gasteiger partial charge in [0.1, 0.15) is 24.1 Å². The molecule has 0 radical (unpaired) electrons. The second-order valence-corrected chi connectivity index (χ2v) is 12.5. The summed E-state index contributed by atoms with van der Waals surface area (Å²) < 4.78 is 37.3. The Morgan fingerprint density at radius 1 is 1.05 bits per heavy atom. The quantitative estimate of drug-likeness (QED) is 0.415. The van der Waals surface area contributed by atoms with E-state index in [0.717, 1.165) is 10.6 Å². The number of nitrogens with one attached hydrogen (secondary N) is 1. The Hall–Kier alpha value is -2.69. The number of sulfonamides is 1. The van der Waals surface area contributed by atoms with Gasteiger partial charge in [0.05, 0.1) is 26.2 Å². The molecular weight excluding hydrogens is 553 g/mol. The van der Waals surface area contributed by atoms with Crippen LogP contribution in [0.15, 0.2) is 36.4 Å². The van der Waals surface area contributed by atoms with Crippen LogP contribution >= 0.6 is 23.2 Å². The van der Waals surface area contributed by atoms with E-state index in [1.807, 2.05) is 20.8 Å². The molecule has 12 heteroatoms. The molecule has 1 N–H and O–H groups in total. The first-order valence-corrected chi connectivity index (χ1v) is 14.5. The van der Waals surface area contributed by atoms with Crippen LogP contribution in [0, 0.1) is 0 Å². The van der Waals surface area contributed by atoms with Gasteiger partial charge in [0.25, 0.3) is 0 Å². The summed E-state index contributed by atoms with van der Waals surface area (Å²) >= 11 is 12.4. The minimum atomic E-state index is -3.95. The highest BCUT2D eigenvalue weighted by atomic mass is 35.5. The fraction of sp³-hybridized carbons (Fsp3) is 0.462. The number of ether oxygens (including phenoxy) is 2. The van der Waals surface area contributed by atoms with Crippen molar-refractivity contribution in [1.82, 2.24) is 10.2 Å². The summed E-state index contributed by atoms with van der Waals surface area (Å²) in [5.41, 5.74) is 0.159. The molecule has 0 aliphatic rings. The van der Waals surface area contributed by atoms with E-state index < -0.39 is 34.1 Å². The van der Waals surface area contributed by atoms with Crippen molar-refractivity contribution in [2.75, 3.05) is 31.3 Å². The number of nitrogens with zero attached hydrogens (tertiary/aromatic N) is 2. The van der Waals surface area contributed by atoms with Gasteiger partial charge in [0.2, 0.25) is 21.8 Å². The normalized spacial score (nSPS) is 12.4. The van der Waals surface area contributed by atoms with Crippen LogP contribution in [0.2, 0.25) is 10.0 Å². The van der Waals surface area contributed by atoms with Gasteiger partial charge in [-0.3, -0.25) is 13.9 Å². The third-order valence-electron chi connectivity index (χ3n) is 5.57. The molecule has 0 spiro atoms. The van der Waals surface area contributed by atoms with E-state index >= 15 is 0 Å². The largest absolute Gasteiger partial charge is 0.497 e. The van der Waals surface area contributed by atoms with E-state index in [0.29, 0.717) is 21.4 Å². The first-order chi connectivity index (χ1) is 17.6. The van der Waals surface area contributed by atoms with Crippen LogP contribution in [0.5, 0.6) is 11.5 Å². The minimum Gasteiger partial charge on any atom is -0.497 e. The first kappa shape index (κ1) is 31.5. The lowest BCUT2D eigenvalue weighted by molar-refractivity contribution is -0.141. The Labute approximate surface area is 235 Å². The number of hydrogen-bond donors (Lipinski definition) is 1. The summed E-state index contributed by atoms with van der Waals surface area (Å²) in [5, 5.41) is 3.65. The standard InChI is InChI=1S/C26H35Cl2N3O6S/c1-8-21(25(33)29-26(2,3)4)30(15-17-9-10-18(27)13-20(17)28)24(32)16-31(38(7,34)35)22-12-11-19(36-5)14-23(22)37-6/h9-14,21H,8,15-16H2,1-7H3,(H,29,33). The molecule has 0 fully saturated rings. The van der Waals surface area contributed by atoms with Crippen molar-refractivity contribution in [3.8, 4) is 11.5 Å². The number of rotatable bonds is 11. The van der Waals surface area contributed by atoms with Gasteiger partial charge in [-0.1, -0.05) is 36.2 Å². The Kier molecular flexibility index (Phi) is 10.7. The van der Waals surface area contributed by atoms with Crippen LogP contribution in [0.1, 0.15) is 39.7 Å². The van der Waals surface area contributed by atoms with Crippen molar-refractivity contribution in [1.29, 1.82) is 0 Å². The number of halogens is 2. The van der Waals surface area contributed by atoms with E-state index in [-0.39, 0.29) is 30.3 Å². The molecule has 0 saturated heterocycles. The van der Waals surface area contributed by atoms with Crippen LogP contribution in [0.25, 0.3) is 0 Å². The maximum atomic E-state index is 13.9. The third kappa shape index (κ3) is 8.41. The molecular formula is C26H35Cl2N3O6S. The van der Waals surface area contributed by atoms with Crippen molar-refractivity contribution in [3.05, 3.63) is 52.0 Å². The maximum Gasteiger partial charge on any atom is 0.244 e. The highest BCUT2D eigenvalue weighted by Crippen LogP contribution is 2.34. The van der Waals surface area contributed by atoms with Gasteiger partial charge in [-0.2, -0.15) is 0 Å². The summed E-state index contributed by atoms with van der Waals surface area (Å²) in [4.78, 5) is 28.5. The molecule has 38 heavy (non-hydrogen) atoms. The van der Waals surface area contributed by atoms with Crippen molar-refractivity contribution in [2.24, 2.45) is 0 Å². The maximum absolute atomic E-state index is 13.9. The molecule has 0 heterocycles. The fourth-order valence-corrected chi connectivity index (χ4v) is 5.11. The second-order valence-electron chi connectivity index (χ2n) is 9.73. The number of anilines is 1. The Morgan fingerprint density at radius 2 is 1.71 bits per heavy atom. The van der Waals surface area contributed by atoms with Gasteiger partial charge >= 0.3 is 0 Å². The summed E-state index contributed by atoms with van der Waals surface area (Å²) in [7, 11) is -1.09. The van der Waals surface area contributed by atoms with Crippen molar-refractivity contribution < 1.29 is 27.5 Å². The predicted octanol–water partition coefficient (Wildman–Crippen LogP) is 4.50. The molecule has 1 unspecified atom stereocenters. The van der Waals surface area contributed by atoms with Gasteiger partial charge in [0.15, 0.2) is 0 Å². The lowest BCUT2D eigenvalue weighted by Crippen LogP contribution is -2.55. The van der Waals surface area contributed by atoms with Gasteiger partial charge in [-0.25, -0.2) is 8.42 Å². The van der Waals surface area contributed by atoms with Crippen LogP contribution in [0.4, 0.5) is 5.69 Å². The Morgan fingerprint density at radius 3 is 2.21 bits per heavy atom. The van der Waals surface area contributed by atoms with Gasteiger partial charge in [0, 0.05) is 28.2 Å². The van der Waals surface area contributed by atoms with Crippen molar-refractivity contribution in [2.45, 2.75) is 52.2 Å². The summed E-state index contributed by atoms with van der Waals surface area (Å²) in [5.74, 6) is -0.316. The van der Waals surface area contributed by atoms with Crippen LogP contribution in [-0.4, -0.2) is 63.7 Å². The molecule has 0 saturated carbocycles. The second kappa shape index (κ2) is 12.9. The molecule has 1 atom stereocenters. The van der Waals surface area contributed by atoms with Gasteiger partial charge in [-0.05, 0) is 57.0 Å². The molecule has 0 aliphatic carbocycles. The van der Waals surface area contributed by atoms with E-state index in [1.165, 1.54) is 31.3 Å². The molecule has 2 aromatic carbocycles.